The highest BCUT2D eigenvalue weighted by molar-refractivity contribution is 7.07. The number of hydrogen-bond acceptors (Lipinski definition) is 6. The van der Waals surface area contributed by atoms with Gasteiger partial charge in [0.15, 0.2) is 4.80 Å². The Bertz CT molecular complexity index is 1690. The molecule has 0 radical (unpaired) electrons. The quantitative estimate of drug-likeness (QED) is 0.333. The van der Waals surface area contributed by atoms with Crippen molar-refractivity contribution in [1.29, 1.82) is 0 Å². The van der Waals surface area contributed by atoms with Crippen LogP contribution >= 0.6 is 11.3 Å². The molecule has 2 aliphatic rings. The molecule has 0 saturated carbocycles. The van der Waals surface area contributed by atoms with Crippen LogP contribution in [0.25, 0.3) is 11.8 Å². The molecule has 0 amide bonds. The van der Waals surface area contributed by atoms with Gasteiger partial charge in [-0.1, -0.05) is 47.7 Å². The van der Waals surface area contributed by atoms with Crippen LogP contribution in [0, 0.1) is 17.0 Å². The monoisotopic (exact) mass is 469 g/mol. The lowest BCUT2D eigenvalue weighted by molar-refractivity contribution is -0.384. The zero-order valence-corrected chi connectivity index (χ0v) is 19.0. The number of thiazole rings is 1. The molecule has 1 unspecified atom stereocenters. The van der Waals surface area contributed by atoms with Crippen LogP contribution in [0.5, 0.6) is 0 Å². The average molecular weight is 470 g/mol. The smallest absolute Gasteiger partial charge is 0.271 e. The summed E-state index contributed by atoms with van der Waals surface area (Å²) in [6, 6.07) is 17.9. The molecule has 2 aromatic carbocycles. The highest BCUT2D eigenvalue weighted by atomic mass is 32.1. The number of nitro benzene ring substituents is 1. The number of benzene rings is 2. The van der Waals surface area contributed by atoms with E-state index in [0.29, 0.717) is 20.7 Å². The molecule has 1 atom stereocenters. The summed E-state index contributed by atoms with van der Waals surface area (Å²) in [7, 11) is 0. The van der Waals surface area contributed by atoms with Gasteiger partial charge in [0, 0.05) is 23.8 Å². The van der Waals surface area contributed by atoms with Crippen molar-refractivity contribution in [3.63, 3.8) is 0 Å². The Morgan fingerprint density at radius 1 is 1.15 bits per heavy atom. The van der Waals surface area contributed by atoms with E-state index in [1.54, 1.807) is 22.8 Å². The third-order valence-electron chi connectivity index (χ3n) is 6.30. The fraction of sp³-hybridized carbons (Fsp3) is 0.154. The Labute approximate surface area is 197 Å². The van der Waals surface area contributed by atoms with E-state index in [9.17, 15) is 14.9 Å². The van der Waals surface area contributed by atoms with Crippen molar-refractivity contribution in [3.8, 4) is 0 Å². The summed E-state index contributed by atoms with van der Waals surface area (Å²) >= 11 is 1.31. The number of hydrogen-bond donors (Lipinski definition) is 0. The minimum atomic E-state index is -0.458. The predicted octanol–water partition coefficient (Wildman–Crippen LogP) is 4.13. The number of aromatic nitrogens is 1. The van der Waals surface area contributed by atoms with E-state index in [-0.39, 0.29) is 11.2 Å². The lowest BCUT2D eigenvalue weighted by Gasteiger charge is -2.30. The van der Waals surface area contributed by atoms with Crippen molar-refractivity contribution in [2.45, 2.75) is 25.8 Å². The van der Waals surface area contributed by atoms with Gasteiger partial charge in [-0.2, -0.15) is 0 Å². The number of allylic oxidation sites excluding steroid dienone is 1. The van der Waals surface area contributed by atoms with Gasteiger partial charge >= 0.3 is 0 Å². The molecule has 1 aliphatic carbocycles. The van der Waals surface area contributed by atoms with Crippen molar-refractivity contribution in [2.24, 2.45) is 4.99 Å². The van der Waals surface area contributed by atoms with Crippen LogP contribution in [0.4, 0.5) is 5.69 Å². The van der Waals surface area contributed by atoms with Crippen LogP contribution in [0.2, 0.25) is 0 Å². The van der Waals surface area contributed by atoms with E-state index in [4.69, 9.17) is 9.41 Å². The van der Waals surface area contributed by atoms with Crippen LogP contribution < -0.4 is 14.9 Å². The zero-order valence-electron chi connectivity index (χ0n) is 18.2. The van der Waals surface area contributed by atoms with E-state index in [1.807, 2.05) is 37.3 Å². The van der Waals surface area contributed by atoms with Crippen LogP contribution in [0.1, 0.15) is 40.7 Å². The molecule has 2 aromatic heterocycles. The van der Waals surface area contributed by atoms with Crippen molar-refractivity contribution < 1.29 is 9.34 Å². The summed E-state index contributed by atoms with van der Waals surface area (Å²) < 4.78 is 7.85. The molecule has 7 nitrogen and oxygen atoms in total. The third-order valence-corrected chi connectivity index (χ3v) is 7.29. The van der Waals surface area contributed by atoms with E-state index < -0.39 is 11.0 Å². The second-order valence-electron chi connectivity index (χ2n) is 8.41. The highest BCUT2D eigenvalue weighted by Gasteiger charge is 2.33. The molecular weight excluding hydrogens is 450 g/mol. The van der Waals surface area contributed by atoms with E-state index in [0.717, 1.165) is 35.4 Å². The minimum absolute atomic E-state index is 0.000970. The number of aryl methyl sites for hydroxylation is 2. The van der Waals surface area contributed by atoms with Crippen LogP contribution in [0.3, 0.4) is 0 Å². The van der Waals surface area contributed by atoms with Crippen LogP contribution in [0.15, 0.2) is 80.4 Å². The first-order valence-electron chi connectivity index (χ1n) is 10.9. The number of nitro groups is 1. The lowest BCUT2D eigenvalue weighted by atomic mass is 9.83. The van der Waals surface area contributed by atoms with Crippen molar-refractivity contribution in [1.82, 2.24) is 4.57 Å². The number of rotatable bonds is 3. The van der Waals surface area contributed by atoms with Crippen molar-refractivity contribution in [2.75, 3.05) is 0 Å². The zero-order chi connectivity index (χ0) is 23.4. The molecule has 8 heteroatoms. The molecule has 0 bridgehead atoms. The van der Waals surface area contributed by atoms with Crippen LogP contribution in [-0.4, -0.2) is 9.49 Å². The predicted molar refractivity (Wildman–Crippen MR) is 129 cm³/mol. The maximum Gasteiger partial charge on any atom is 0.271 e. The van der Waals surface area contributed by atoms with Gasteiger partial charge in [0.25, 0.3) is 11.2 Å². The summed E-state index contributed by atoms with van der Waals surface area (Å²) in [5.41, 5.74) is 4.66. The SMILES string of the molecule is Cc1ccc(C=c2sc3n(c2=O)C(c2cccc([N+](=O)[O-])c2)C2=C(N=3)c3ccccc3CC2)o1. The van der Waals surface area contributed by atoms with Gasteiger partial charge in [0.1, 0.15) is 11.5 Å². The molecule has 34 heavy (non-hydrogen) atoms. The third kappa shape index (κ3) is 3.26. The lowest BCUT2D eigenvalue weighted by Crippen LogP contribution is -2.38. The normalized spacial score (nSPS) is 17.1. The Balaban J connectivity index is 1.64. The number of nitrogens with zero attached hydrogens (tertiary/aromatic N) is 3. The molecule has 168 valence electrons. The molecule has 6 rings (SSSR count). The van der Waals surface area contributed by atoms with Gasteiger partial charge in [-0.15, -0.1) is 0 Å². The molecule has 0 fully saturated rings. The highest BCUT2D eigenvalue weighted by Crippen LogP contribution is 2.41. The topological polar surface area (TPSA) is 90.6 Å². The summed E-state index contributed by atoms with van der Waals surface area (Å²) in [4.78, 5) is 30.2. The van der Waals surface area contributed by atoms with Gasteiger partial charge in [0.05, 0.1) is 21.2 Å². The largest absolute Gasteiger partial charge is 0.462 e. The molecule has 0 N–H and O–H groups in total. The van der Waals surface area contributed by atoms with Gasteiger partial charge in [-0.05, 0) is 48.6 Å². The Morgan fingerprint density at radius 3 is 2.79 bits per heavy atom. The second-order valence-corrected chi connectivity index (χ2v) is 9.42. The van der Waals surface area contributed by atoms with E-state index >= 15 is 0 Å². The minimum Gasteiger partial charge on any atom is -0.462 e. The van der Waals surface area contributed by atoms with Gasteiger partial charge in [0.2, 0.25) is 0 Å². The number of furan rings is 1. The molecular formula is C26H19N3O4S. The first-order valence-corrected chi connectivity index (χ1v) is 11.7. The molecule has 4 aromatic rings. The first kappa shape index (κ1) is 20.6. The molecule has 0 spiro atoms. The molecule has 1 aliphatic heterocycles. The standard InChI is InChI=1S/C26H19N3O4S/c1-15-9-11-19(33-15)14-22-25(30)28-24(17-6-4-7-18(13-17)29(31)32)21-12-10-16-5-2-3-8-20(16)23(21)27-26(28)34-22/h2-9,11,13-14,24H,10,12H2,1H3. The second kappa shape index (κ2) is 7.78. The molecule has 0 saturated heterocycles. The van der Waals surface area contributed by atoms with Gasteiger partial charge in [-0.3, -0.25) is 19.5 Å². The van der Waals surface area contributed by atoms with Gasteiger partial charge < -0.3 is 4.42 Å². The summed E-state index contributed by atoms with van der Waals surface area (Å²) in [6.45, 7) is 1.85. The van der Waals surface area contributed by atoms with Crippen molar-refractivity contribution >= 4 is 28.8 Å². The average Bonchev–Trinajstić information content (AvgIpc) is 3.40. The fourth-order valence-corrected chi connectivity index (χ4v) is 5.77. The summed E-state index contributed by atoms with van der Waals surface area (Å²) in [6.07, 6.45) is 3.29. The fourth-order valence-electron chi connectivity index (χ4n) is 4.79. The number of non-ortho nitro benzene ring substituents is 1. The Kier molecular flexibility index (Phi) is 4.70. The first-order chi connectivity index (χ1) is 16.5. The molecule has 3 heterocycles. The summed E-state index contributed by atoms with van der Waals surface area (Å²) in [5, 5.41) is 11.5. The Morgan fingerprint density at radius 2 is 2.00 bits per heavy atom. The summed E-state index contributed by atoms with van der Waals surface area (Å²) in [5.74, 6) is 1.37. The van der Waals surface area contributed by atoms with Crippen molar-refractivity contribution in [3.05, 3.63) is 124 Å². The Hall–Kier alpha value is -4.04. The maximum absolute atomic E-state index is 13.6. The van der Waals surface area contributed by atoms with Gasteiger partial charge in [-0.25, -0.2) is 4.99 Å². The van der Waals surface area contributed by atoms with E-state index in [2.05, 4.69) is 12.1 Å². The van der Waals surface area contributed by atoms with Crippen LogP contribution in [-0.2, 0) is 6.42 Å². The maximum atomic E-state index is 13.6. The van der Waals surface area contributed by atoms with E-state index in [1.165, 1.54) is 23.0 Å². The number of fused-ring (bicyclic) bond motifs is 3.